The lowest BCUT2D eigenvalue weighted by Gasteiger charge is -2.36. The van der Waals surface area contributed by atoms with Crippen molar-refractivity contribution in [3.8, 4) is 5.75 Å². The first-order valence-corrected chi connectivity index (χ1v) is 6.83. The Morgan fingerprint density at radius 2 is 1.90 bits per heavy atom. The molecule has 4 nitrogen and oxygen atoms in total. The first kappa shape index (κ1) is 20.5. The van der Waals surface area contributed by atoms with Gasteiger partial charge in [-0.3, -0.25) is 0 Å². The molecule has 0 saturated carbocycles. The van der Waals surface area contributed by atoms with Crippen molar-refractivity contribution in [1.82, 2.24) is 5.32 Å². The number of aromatic hydroxyl groups is 1. The van der Waals surface area contributed by atoms with Crippen LogP contribution >= 0.6 is 24.8 Å². The summed E-state index contributed by atoms with van der Waals surface area (Å²) in [5, 5.41) is 23.8. The van der Waals surface area contributed by atoms with Crippen molar-refractivity contribution in [2.24, 2.45) is 5.73 Å². The van der Waals surface area contributed by atoms with E-state index in [1.165, 1.54) is 0 Å². The van der Waals surface area contributed by atoms with Gasteiger partial charge in [0.25, 0.3) is 0 Å². The molecule has 0 saturated heterocycles. The Balaban J connectivity index is 0.00000200. The number of phenols is 1. The molecule has 0 radical (unpaired) electrons. The zero-order valence-electron chi connectivity index (χ0n) is 12.7. The molecule has 2 rings (SSSR count). The van der Waals surface area contributed by atoms with Gasteiger partial charge in [-0.2, -0.15) is 0 Å². The van der Waals surface area contributed by atoms with Gasteiger partial charge in [-0.05, 0) is 50.8 Å². The highest BCUT2D eigenvalue weighted by atomic mass is 35.5. The highest BCUT2D eigenvalue weighted by molar-refractivity contribution is 5.85. The van der Waals surface area contributed by atoms with Gasteiger partial charge in [-0.25, -0.2) is 0 Å². The average Bonchev–Trinajstić information content (AvgIpc) is 2.31. The second-order valence-electron chi connectivity index (χ2n) is 6.32. The lowest BCUT2D eigenvalue weighted by Crippen LogP contribution is -2.48. The Bertz CT molecular complexity index is 475. The van der Waals surface area contributed by atoms with Gasteiger partial charge in [0, 0.05) is 23.7 Å². The SMILES string of the molecule is CC(C)(C)NC1CCc2c(ccc(O)c2CN)C1O.Cl.Cl. The molecule has 21 heavy (non-hydrogen) atoms. The molecule has 1 aromatic rings. The predicted octanol–water partition coefficient (Wildman–Crippen LogP) is 2.43. The van der Waals surface area contributed by atoms with Gasteiger partial charge in [0.2, 0.25) is 0 Å². The Hall–Kier alpha value is -0.520. The third-order valence-corrected chi connectivity index (χ3v) is 3.67. The first-order chi connectivity index (χ1) is 8.83. The van der Waals surface area contributed by atoms with E-state index in [1.54, 1.807) is 6.07 Å². The number of halogens is 2. The second kappa shape index (κ2) is 7.65. The van der Waals surface area contributed by atoms with Crippen molar-refractivity contribution in [1.29, 1.82) is 0 Å². The van der Waals surface area contributed by atoms with Crippen LogP contribution in [0.15, 0.2) is 12.1 Å². The molecule has 1 aliphatic carbocycles. The molecule has 0 spiro atoms. The van der Waals surface area contributed by atoms with Crippen LogP contribution in [0, 0.1) is 0 Å². The van der Waals surface area contributed by atoms with Crippen molar-refractivity contribution < 1.29 is 10.2 Å². The average molecular weight is 337 g/mol. The maximum absolute atomic E-state index is 10.5. The molecule has 1 aromatic carbocycles. The molecule has 5 N–H and O–H groups in total. The summed E-state index contributed by atoms with van der Waals surface area (Å²) in [5.74, 6) is 0.232. The fourth-order valence-electron chi connectivity index (χ4n) is 2.88. The van der Waals surface area contributed by atoms with Gasteiger partial charge < -0.3 is 21.3 Å². The normalized spacial score (nSPS) is 21.0. The fraction of sp³-hybridized carbons (Fsp3) is 0.600. The van der Waals surface area contributed by atoms with Crippen molar-refractivity contribution in [3.05, 3.63) is 28.8 Å². The number of fused-ring (bicyclic) bond motifs is 1. The van der Waals surface area contributed by atoms with E-state index in [1.807, 2.05) is 6.07 Å². The number of aliphatic hydroxyl groups excluding tert-OH is 1. The summed E-state index contributed by atoms with van der Waals surface area (Å²) in [6.07, 6.45) is 1.14. The third-order valence-electron chi connectivity index (χ3n) is 3.67. The molecule has 6 heteroatoms. The van der Waals surface area contributed by atoms with Gasteiger partial charge in [0.15, 0.2) is 0 Å². The monoisotopic (exact) mass is 336 g/mol. The Kier molecular flexibility index (Phi) is 7.47. The first-order valence-electron chi connectivity index (χ1n) is 6.83. The molecule has 0 fully saturated rings. The Labute approximate surface area is 138 Å². The van der Waals surface area contributed by atoms with Crippen molar-refractivity contribution in [3.63, 3.8) is 0 Å². The number of nitrogens with two attached hydrogens (primary N) is 1. The molecular weight excluding hydrogens is 311 g/mol. The highest BCUT2D eigenvalue weighted by Gasteiger charge is 2.31. The highest BCUT2D eigenvalue weighted by Crippen LogP contribution is 2.36. The Morgan fingerprint density at radius 3 is 2.43 bits per heavy atom. The smallest absolute Gasteiger partial charge is 0.120 e. The summed E-state index contributed by atoms with van der Waals surface area (Å²) in [6, 6.07) is 3.48. The molecule has 0 bridgehead atoms. The summed E-state index contributed by atoms with van der Waals surface area (Å²) in [6.45, 7) is 6.59. The Morgan fingerprint density at radius 1 is 1.29 bits per heavy atom. The summed E-state index contributed by atoms with van der Waals surface area (Å²) >= 11 is 0. The topological polar surface area (TPSA) is 78.5 Å². The number of nitrogens with one attached hydrogen (secondary N) is 1. The molecule has 122 valence electrons. The van der Waals surface area contributed by atoms with Gasteiger partial charge >= 0.3 is 0 Å². The van der Waals surface area contributed by atoms with Crippen LogP contribution in [0.2, 0.25) is 0 Å². The van der Waals surface area contributed by atoms with E-state index >= 15 is 0 Å². The second-order valence-corrected chi connectivity index (χ2v) is 6.32. The minimum absolute atomic E-state index is 0. The van der Waals surface area contributed by atoms with Crippen LogP contribution in [-0.4, -0.2) is 21.8 Å². The molecule has 1 aliphatic rings. The van der Waals surface area contributed by atoms with E-state index in [0.29, 0.717) is 6.54 Å². The quantitative estimate of drug-likeness (QED) is 0.668. The van der Waals surface area contributed by atoms with E-state index in [2.05, 4.69) is 26.1 Å². The molecule has 2 atom stereocenters. The van der Waals surface area contributed by atoms with Crippen LogP contribution < -0.4 is 11.1 Å². The fourth-order valence-corrected chi connectivity index (χ4v) is 2.88. The van der Waals surface area contributed by atoms with Crippen LogP contribution in [0.5, 0.6) is 5.75 Å². The van der Waals surface area contributed by atoms with Gasteiger partial charge in [0.05, 0.1) is 6.10 Å². The summed E-state index contributed by atoms with van der Waals surface area (Å²) in [7, 11) is 0. The minimum atomic E-state index is -0.547. The summed E-state index contributed by atoms with van der Waals surface area (Å²) in [5.41, 5.74) is 8.35. The molecular formula is C15H26Cl2N2O2. The van der Waals surface area contributed by atoms with E-state index in [0.717, 1.165) is 29.5 Å². The maximum Gasteiger partial charge on any atom is 0.120 e. The van der Waals surface area contributed by atoms with E-state index < -0.39 is 6.10 Å². The summed E-state index contributed by atoms with van der Waals surface area (Å²) in [4.78, 5) is 0. The van der Waals surface area contributed by atoms with Crippen LogP contribution in [0.1, 0.15) is 50.0 Å². The zero-order valence-corrected chi connectivity index (χ0v) is 14.4. The minimum Gasteiger partial charge on any atom is -0.508 e. The van der Waals surface area contributed by atoms with Crippen molar-refractivity contribution in [2.75, 3.05) is 0 Å². The molecule has 0 heterocycles. The van der Waals surface area contributed by atoms with Gasteiger partial charge in [0.1, 0.15) is 5.75 Å². The molecule has 0 amide bonds. The van der Waals surface area contributed by atoms with E-state index in [9.17, 15) is 10.2 Å². The molecule has 2 unspecified atom stereocenters. The maximum atomic E-state index is 10.5. The van der Waals surface area contributed by atoms with Gasteiger partial charge in [-0.15, -0.1) is 24.8 Å². The van der Waals surface area contributed by atoms with Crippen molar-refractivity contribution >= 4 is 24.8 Å². The lowest BCUT2D eigenvalue weighted by atomic mass is 9.82. The number of hydrogen-bond acceptors (Lipinski definition) is 4. The standard InChI is InChI=1S/C15H24N2O2.2ClH/c1-15(2,3)17-12-6-4-9-10(14(12)19)5-7-13(18)11(9)8-16;;/h5,7,12,14,17-19H,4,6,8,16H2,1-3H3;2*1H. The van der Waals surface area contributed by atoms with Gasteiger partial charge in [-0.1, -0.05) is 6.07 Å². The summed E-state index contributed by atoms with van der Waals surface area (Å²) < 4.78 is 0. The largest absolute Gasteiger partial charge is 0.508 e. The molecule has 0 aromatic heterocycles. The van der Waals surface area contributed by atoms with E-state index in [-0.39, 0.29) is 42.1 Å². The van der Waals surface area contributed by atoms with Crippen LogP contribution in [0.3, 0.4) is 0 Å². The van der Waals surface area contributed by atoms with Crippen molar-refractivity contribution in [2.45, 2.75) is 57.8 Å². The van der Waals surface area contributed by atoms with Crippen LogP contribution in [0.25, 0.3) is 0 Å². The number of hydrogen-bond donors (Lipinski definition) is 4. The predicted molar refractivity (Wildman–Crippen MR) is 90.5 cm³/mol. The lowest BCUT2D eigenvalue weighted by molar-refractivity contribution is 0.0997. The number of phenolic OH excluding ortho intramolecular Hbond substituents is 1. The van der Waals surface area contributed by atoms with Crippen LogP contribution in [-0.2, 0) is 13.0 Å². The van der Waals surface area contributed by atoms with Crippen LogP contribution in [0.4, 0.5) is 0 Å². The molecule has 0 aliphatic heterocycles. The zero-order chi connectivity index (χ0) is 14.2. The number of aliphatic hydroxyl groups is 1. The third kappa shape index (κ3) is 4.47. The van der Waals surface area contributed by atoms with E-state index in [4.69, 9.17) is 5.73 Å². The number of rotatable bonds is 2. The number of benzene rings is 1.